The molecule has 0 unspecified atom stereocenters. The van der Waals surface area contributed by atoms with Crippen LogP contribution in [0, 0.1) is 0 Å². The van der Waals surface area contributed by atoms with E-state index in [0.717, 1.165) is 5.56 Å². The first-order valence-corrected chi connectivity index (χ1v) is 3.92. The molecule has 3 nitrogen and oxygen atoms in total. The minimum Gasteiger partial charge on any atom is -0.477 e. The Morgan fingerprint density at radius 2 is 2.00 bits per heavy atom. The molecule has 1 aromatic carbocycles. The Hall–Kier alpha value is -1.77. The minimum atomic E-state index is -0.952. The van der Waals surface area contributed by atoms with E-state index in [1.165, 1.54) is 0 Å². The first kappa shape index (κ1) is 9.32. The number of rotatable bonds is 3. The highest BCUT2D eigenvalue weighted by Crippen LogP contribution is 2.04. The fourth-order valence-electron chi connectivity index (χ4n) is 0.957. The average Bonchev–Trinajstić information content (AvgIpc) is 2.15. The molecule has 0 saturated heterocycles. The molecule has 0 saturated carbocycles. The Balaban J connectivity index is 2.92. The van der Waals surface area contributed by atoms with Crippen LogP contribution >= 0.6 is 0 Å². The summed E-state index contributed by atoms with van der Waals surface area (Å²) in [5.74, 6) is -0.952. The molecule has 0 aromatic heterocycles. The van der Waals surface area contributed by atoms with Gasteiger partial charge in [-0.2, -0.15) is 0 Å². The summed E-state index contributed by atoms with van der Waals surface area (Å²) in [5, 5.41) is 11.3. The van der Waals surface area contributed by atoms with E-state index in [9.17, 15) is 4.79 Å². The molecule has 3 heteroatoms. The molecule has 0 atom stereocenters. The number of carboxylic acids is 1. The molecule has 0 aliphatic heterocycles. The second-order valence-corrected chi connectivity index (χ2v) is 2.52. The quantitative estimate of drug-likeness (QED) is 0.685. The Bertz CT molecular complexity index is 317. The third kappa shape index (κ3) is 2.63. The molecule has 1 rings (SSSR count). The number of benzene rings is 1. The number of aliphatic carboxylic acids is 1. The van der Waals surface area contributed by atoms with Crippen molar-refractivity contribution in [2.75, 3.05) is 7.05 Å². The van der Waals surface area contributed by atoms with Gasteiger partial charge >= 0.3 is 5.97 Å². The molecule has 0 spiro atoms. The number of likely N-dealkylation sites (N-methyl/N-ethyl adjacent to an activating group) is 1. The second-order valence-electron chi connectivity index (χ2n) is 2.52. The zero-order valence-corrected chi connectivity index (χ0v) is 7.32. The van der Waals surface area contributed by atoms with Gasteiger partial charge in [0.1, 0.15) is 5.70 Å². The van der Waals surface area contributed by atoms with Crippen LogP contribution in [-0.2, 0) is 4.79 Å². The van der Waals surface area contributed by atoms with E-state index in [0.29, 0.717) is 0 Å². The molecule has 0 bridgehead atoms. The highest BCUT2D eigenvalue weighted by molar-refractivity contribution is 5.91. The summed E-state index contributed by atoms with van der Waals surface area (Å²) in [7, 11) is 1.59. The van der Waals surface area contributed by atoms with Crippen molar-refractivity contribution in [3.05, 3.63) is 41.6 Å². The van der Waals surface area contributed by atoms with Gasteiger partial charge in [-0.1, -0.05) is 30.3 Å². The lowest BCUT2D eigenvalue weighted by Crippen LogP contribution is -2.14. The standard InChI is InChI=1S/C10H11NO2/c1-11-9(10(12)13)7-8-5-3-2-4-6-8/h2-7,11H,1H3,(H,12,13)/b9-7-. The minimum absolute atomic E-state index is 0.186. The van der Waals surface area contributed by atoms with Gasteiger partial charge in [0, 0.05) is 7.05 Å². The number of carbonyl (C=O) groups is 1. The zero-order chi connectivity index (χ0) is 9.68. The van der Waals surface area contributed by atoms with Crippen molar-refractivity contribution < 1.29 is 9.90 Å². The summed E-state index contributed by atoms with van der Waals surface area (Å²) in [6, 6.07) is 9.31. The van der Waals surface area contributed by atoms with Gasteiger partial charge in [0.25, 0.3) is 0 Å². The molecule has 0 aliphatic carbocycles. The van der Waals surface area contributed by atoms with Gasteiger partial charge in [0.2, 0.25) is 0 Å². The smallest absolute Gasteiger partial charge is 0.351 e. The Labute approximate surface area is 76.7 Å². The molecule has 0 aliphatic rings. The predicted octanol–water partition coefficient (Wildman–Crippen LogP) is 1.33. The lowest BCUT2D eigenvalue weighted by atomic mass is 10.2. The van der Waals surface area contributed by atoms with Crippen LogP contribution < -0.4 is 5.32 Å². The van der Waals surface area contributed by atoms with Gasteiger partial charge in [-0.15, -0.1) is 0 Å². The van der Waals surface area contributed by atoms with E-state index in [1.807, 2.05) is 30.3 Å². The van der Waals surface area contributed by atoms with Crippen LogP contribution in [0.3, 0.4) is 0 Å². The molecular formula is C10H11NO2. The Morgan fingerprint density at radius 1 is 1.38 bits per heavy atom. The molecule has 0 amide bonds. The fourth-order valence-corrected chi connectivity index (χ4v) is 0.957. The van der Waals surface area contributed by atoms with Crippen LogP contribution in [0.2, 0.25) is 0 Å². The molecular weight excluding hydrogens is 166 g/mol. The molecule has 0 heterocycles. The molecule has 0 fully saturated rings. The molecule has 2 N–H and O–H groups in total. The topological polar surface area (TPSA) is 49.3 Å². The van der Waals surface area contributed by atoms with Gasteiger partial charge in [0.05, 0.1) is 0 Å². The van der Waals surface area contributed by atoms with E-state index in [2.05, 4.69) is 5.32 Å². The maximum Gasteiger partial charge on any atom is 0.351 e. The highest BCUT2D eigenvalue weighted by atomic mass is 16.4. The van der Waals surface area contributed by atoms with Gasteiger partial charge in [-0.05, 0) is 11.6 Å². The molecule has 0 radical (unpaired) electrons. The fraction of sp³-hybridized carbons (Fsp3) is 0.100. The maximum atomic E-state index is 10.6. The normalized spacial score (nSPS) is 11.0. The third-order valence-corrected chi connectivity index (χ3v) is 1.61. The van der Waals surface area contributed by atoms with E-state index in [1.54, 1.807) is 13.1 Å². The van der Waals surface area contributed by atoms with Crippen LogP contribution in [0.5, 0.6) is 0 Å². The monoisotopic (exact) mass is 177 g/mol. The van der Waals surface area contributed by atoms with Gasteiger partial charge < -0.3 is 10.4 Å². The van der Waals surface area contributed by atoms with Gasteiger partial charge in [-0.25, -0.2) is 4.79 Å². The summed E-state index contributed by atoms with van der Waals surface area (Å²) >= 11 is 0. The van der Waals surface area contributed by atoms with E-state index in [4.69, 9.17) is 5.11 Å². The van der Waals surface area contributed by atoms with Crippen molar-refractivity contribution in [1.29, 1.82) is 0 Å². The summed E-state index contributed by atoms with van der Waals surface area (Å²) < 4.78 is 0. The number of carboxylic acid groups (broad SMARTS) is 1. The molecule has 13 heavy (non-hydrogen) atoms. The van der Waals surface area contributed by atoms with E-state index in [-0.39, 0.29) is 5.70 Å². The van der Waals surface area contributed by atoms with Crippen molar-refractivity contribution in [2.45, 2.75) is 0 Å². The lowest BCUT2D eigenvalue weighted by Gasteiger charge is -1.99. The average molecular weight is 177 g/mol. The second kappa shape index (κ2) is 4.30. The van der Waals surface area contributed by atoms with Crippen molar-refractivity contribution in [2.24, 2.45) is 0 Å². The first-order chi connectivity index (χ1) is 6.24. The lowest BCUT2D eigenvalue weighted by molar-refractivity contribution is -0.132. The summed E-state index contributed by atoms with van der Waals surface area (Å²) in [6.45, 7) is 0. The molecule has 68 valence electrons. The molecule has 1 aromatic rings. The van der Waals surface area contributed by atoms with E-state index < -0.39 is 5.97 Å². The van der Waals surface area contributed by atoms with Crippen molar-refractivity contribution in [3.63, 3.8) is 0 Å². The SMILES string of the molecule is CN/C(=C\c1ccccc1)C(=O)O. The number of nitrogens with one attached hydrogen (secondary N) is 1. The van der Waals surface area contributed by atoms with Gasteiger partial charge in [0.15, 0.2) is 0 Å². The maximum absolute atomic E-state index is 10.6. The largest absolute Gasteiger partial charge is 0.477 e. The third-order valence-electron chi connectivity index (χ3n) is 1.61. The van der Waals surface area contributed by atoms with Crippen LogP contribution in [-0.4, -0.2) is 18.1 Å². The van der Waals surface area contributed by atoms with Crippen LogP contribution in [0.1, 0.15) is 5.56 Å². The zero-order valence-electron chi connectivity index (χ0n) is 7.32. The number of hydrogen-bond donors (Lipinski definition) is 2. The Morgan fingerprint density at radius 3 is 2.46 bits per heavy atom. The predicted molar refractivity (Wildman–Crippen MR) is 51.1 cm³/mol. The van der Waals surface area contributed by atoms with Crippen molar-refractivity contribution in [3.8, 4) is 0 Å². The highest BCUT2D eigenvalue weighted by Gasteiger charge is 2.02. The van der Waals surface area contributed by atoms with Gasteiger partial charge in [-0.3, -0.25) is 0 Å². The van der Waals surface area contributed by atoms with Crippen molar-refractivity contribution in [1.82, 2.24) is 5.32 Å². The number of hydrogen-bond acceptors (Lipinski definition) is 2. The van der Waals surface area contributed by atoms with Crippen molar-refractivity contribution >= 4 is 12.0 Å². The Kier molecular flexibility index (Phi) is 3.09. The summed E-state index contributed by atoms with van der Waals surface area (Å²) in [4.78, 5) is 10.6. The summed E-state index contributed by atoms with van der Waals surface area (Å²) in [6.07, 6.45) is 1.59. The first-order valence-electron chi connectivity index (χ1n) is 3.92. The van der Waals surface area contributed by atoms with Crippen LogP contribution in [0.25, 0.3) is 6.08 Å². The summed E-state index contributed by atoms with van der Waals surface area (Å²) in [5.41, 5.74) is 1.06. The van der Waals surface area contributed by atoms with Crippen LogP contribution in [0.15, 0.2) is 36.0 Å². The van der Waals surface area contributed by atoms with Crippen LogP contribution in [0.4, 0.5) is 0 Å². The van der Waals surface area contributed by atoms with E-state index >= 15 is 0 Å².